The number of nitrogens with zero attached hydrogens (tertiary/aromatic N) is 3. The molecule has 0 unspecified atom stereocenters. The van der Waals surface area contributed by atoms with E-state index < -0.39 is 35.1 Å². The largest absolute Gasteiger partial charge is 0.494 e. The molecule has 1 N–H and O–H groups in total. The lowest BCUT2D eigenvalue weighted by Crippen LogP contribution is -2.17. The van der Waals surface area contributed by atoms with Crippen LogP contribution in [0.25, 0.3) is 17.1 Å². The van der Waals surface area contributed by atoms with E-state index in [-0.39, 0.29) is 17.0 Å². The van der Waals surface area contributed by atoms with E-state index in [0.717, 1.165) is 11.8 Å². The SMILES string of the molecule is CCOc1ccc(-n2c(SCC(=O)Nc3cc(C(F)(F)F)cc(C(F)(F)F)c3)nnc2-c2ccc(Cl)cc2)cc1. The molecule has 4 aromatic rings. The number of halogens is 7. The van der Waals surface area contributed by atoms with Crippen LogP contribution < -0.4 is 10.1 Å². The van der Waals surface area contributed by atoms with Gasteiger partial charge in [0.2, 0.25) is 5.91 Å². The molecule has 14 heteroatoms. The second kappa shape index (κ2) is 11.8. The van der Waals surface area contributed by atoms with E-state index in [1.807, 2.05) is 6.92 Å². The lowest BCUT2D eigenvalue weighted by molar-refractivity contribution is -0.143. The maximum absolute atomic E-state index is 13.2. The number of hydrogen-bond acceptors (Lipinski definition) is 5. The number of anilines is 1. The molecule has 0 spiro atoms. The molecule has 0 aliphatic rings. The first kappa shape index (κ1) is 29.3. The Morgan fingerprint density at radius 2 is 1.52 bits per heavy atom. The van der Waals surface area contributed by atoms with Crippen molar-refractivity contribution in [2.75, 3.05) is 17.7 Å². The van der Waals surface area contributed by atoms with Gasteiger partial charge in [0.25, 0.3) is 0 Å². The Labute approximate surface area is 233 Å². The van der Waals surface area contributed by atoms with Crippen LogP contribution in [-0.4, -0.2) is 33.0 Å². The van der Waals surface area contributed by atoms with Gasteiger partial charge in [-0.05, 0) is 73.7 Å². The molecule has 1 heterocycles. The van der Waals surface area contributed by atoms with Gasteiger partial charge in [-0.2, -0.15) is 26.3 Å². The van der Waals surface area contributed by atoms with Crippen LogP contribution in [0.2, 0.25) is 5.02 Å². The summed E-state index contributed by atoms with van der Waals surface area (Å²) in [4.78, 5) is 12.6. The molecular weight excluding hydrogens is 582 g/mol. The van der Waals surface area contributed by atoms with E-state index in [4.69, 9.17) is 16.3 Å². The lowest BCUT2D eigenvalue weighted by atomic mass is 10.1. The third-order valence-corrected chi connectivity index (χ3v) is 6.53. The molecule has 6 nitrogen and oxygen atoms in total. The standard InChI is InChI=1S/C26H19ClF6N4O2S/c1-2-39-21-9-7-20(8-10-21)37-23(15-3-5-18(27)6-4-15)35-36-24(37)40-14-22(38)34-19-12-16(25(28,29)30)11-17(13-19)26(31,32)33/h3-13H,2,14H2,1H3,(H,34,38). The second-order valence-corrected chi connectivity index (χ2v) is 9.59. The van der Waals surface area contributed by atoms with Crippen molar-refractivity contribution in [3.8, 4) is 22.8 Å². The topological polar surface area (TPSA) is 69.0 Å². The highest BCUT2D eigenvalue weighted by atomic mass is 35.5. The summed E-state index contributed by atoms with van der Waals surface area (Å²) in [6.07, 6.45) is -10.1. The van der Waals surface area contributed by atoms with Crippen LogP contribution in [0.5, 0.6) is 5.75 Å². The molecule has 0 radical (unpaired) electrons. The minimum absolute atomic E-state index is 0.0119. The highest BCUT2D eigenvalue weighted by Gasteiger charge is 2.37. The van der Waals surface area contributed by atoms with Crippen molar-refractivity contribution < 1.29 is 35.9 Å². The summed E-state index contributed by atoms with van der Waals surface area (Å²) in [5.41, 5.74) is -2.43. The van der Waals surface area contributed by atoms with Gasteiger partial charge in [0.15, 0.2) is 11.0 Å². The van der Waals surface area contributed by atoms with Gasteiger partial charge in [-0.3, -0.25) is 9.36 Å². The summed E-state index contributed by atoms with van der Waals surface area (Å²) in [5, 5.41) is 11.3. The number of amides is 1. The van der Waals surface area contributed by atoms with E-state index in [1.165, 1.54) is 0 Å². The van der Waals surface area contributed by atoms with E-state index in [2.05, 4.69) is 15.5 Å². The minimum atomic E-state index is -5.04. The van der Waals surface area contributed by atoms with Crippen molar-refractivity contribution in [3.63, 3.8) is 0 Å². The molecule has 0 bridgehead atoms. The van der Waals surface area contributed by atoms with Gasteiger partial charge in [0.1, 0.15) is 5.75 Å². The van der Waals surface area contributed by atoms with E-state index in [0.29, 0.717) is 46.6 Å². The highest BCUT2D eigenvalue weighted by molar-refractivity contribution is 7.99. The number of benzene rings is 3. The Morgan fingerprint density at radius 3 is 2.08 bits per heavy atom. The Morgan fingerprint density at radius 1 is 0.925 bits per heavy atom. The predicted octanol–water partition coefficient (Wildman–Crippen LogP) is 7.75. The van der Waals surface area contributed by atoms with E-state index >= 15 is 0 Å². The van der Waals surface area contributed by atoms with E-state index in [1.54, 1.807) is 53.1 Å². The molecular formula is C26H19ClF6N4O2S. The zero-order chi connectivity index (χ0) is 29.1. The average Bonchev–Trinajstić information content (AvgIpc) is 3.31. The minimum Gasteiger partial charge on any atom is -0.494 e. The molecule has 0 aliphatic carbocycles. The zero-order valence-corrected chi connectivity index (χ0v) is 22.0. The number of ether oxygens (including phenoxy) is 1. The van der Waals surface area contributed by atoms with Gasteiger partial charge >= 0.3 is 12.4 Å². The molecule has 40 heavy (non-hydrogen) atoms. The third kappa shape index (κ3) is 7.07. The van der Waals surface area contributed by atoms with Crippen LogP contribution >= 0.6 is 23.4 Å². The van der Waals surface area contributed by atoms with Crippen molar-refractivity contribution >= 4 is 35.0 Å². The number of alkyl halides is 6. The first-order valence-electron chi connectivity index (χ1n) is 11.5. The van der Waals surface area contributed by atoms with Crippen molar-refractivity contribution in [1.82, 2.24) is 14.8 Å². The third-order valence-electron chi connectivity index (χ3n) is 5.35. The summed E-state index contributed by atoms with van der Waals surface area (Å²) in [6.45, 7) is 2.31. The predicted molar refractivity (Wildman–Crippen MR) is 139 cm³/mol. The molecule has 0 saturated carbocycles. The first-order valence-corrected chi connectivity index (χ1v) is 12.9. The van der Waals surface area contributed by atoms with Crippen LogP contribution in [0.4, 0.5) is 32.0 Å². The van der Waals surface area contributed by atoms with Crippen molar-refractivity contribution in [2.24, 2.45) is 0 Å². The quantitative estimate of drug-likeness (QED) is 0.165. The van der Waals surface area contributed by atoms with Gasteiger partial charge in [-0.25, -0.2) is 0 Å². The smallest absolute Gasteiger partial charge is 0.416 e. The number of hydrogen-bond donors (Lipinski definition) is 1. The molecule has 4 rings (SSSR count). The van der Waals surface area contributed by atoms with Gasteiger partial charge < -0.3 is 10.1 Å². The van der Waals surface area contributed by atoms with Crippen LogP contribution in [0.15, 0.2) is 71.9 Å². The summed E-state index contributed by atoms with van der Waals surface area (Å²) in [6, 6.07) is 14.6. The number of carbonyl (C=O) groups is 1. The Hall–Kier alpha value is -3.71. The monoisotopic (exact) mass is 600 g/mol. The zero-order valence-electron chi connectivity index (χ0n) is 20.5. The Kier molecular flexibility index (Phi) is 8.64. The van der Waals surface area contributed by atoms with Crippen molar-refractivity contribution in [1.29, 1.82) is 0 Å². The van der Waals surface area contributed by atoms with Gasteiger partial charge in [-0.1, -0.05) is 23.4 Å². The molecule has 1 amide bonds. The summed E-state index contributed by atoms with van der Waals surface area (Å²) < 4.78 is 86.1. The summed E-state index contributed by atoms with van der Waals surface area (Å²) in [7, 11) is 0. The van der Waals surface area contributed by atoms with Gasteiger partial charge in [-0.15, -0.1) is 10.2 Å². The van der Waals surface area contributed by atoms with Crippen LogP contribution in [-0.2, 0) is 17.1 Å². The fourth-order valence-electron chi connectivity index (χ4n) is 3.59. The number of rotatable bonds is 8. The fraction of sp³-hybridized carbons (Fsp3) is 0.192. The van der Waals surface area contributed by atoms with Gasteiger partial charge in [0.05, 0.1) is 23.5 Å². The summed E-state index contributed by atoms with van der Waals surface area (Å²) in [5.74, 6) is -0.184. The molecule has 0 atom stereocenters. The molecule has 210 valence electrons. The lowest BCUT2D eigenvalue weighted by Gasteiger charge is -2.15. The fourth-order valence-corrected chi connectivity index (χ4v) is 4.47. The molecule has 3 aromatic carbocycles. The Bertz CT molecular complexity index is 1460. The number of aromatic nitrogens is 3. The number of nitrogens with one attached hydrogen (secondary N) is 1. The van der Waals surface area contributed by atoms with Crippen molar-refractivity contribution in [2.45, 2.75) is 24.4 Å². The maximum atomic E-state index is 13.2. The van der Waals surface area contributed by atoms with Crippen LogP contribution in [0, 0.1) is 0 Å². The normalized spacial score (nSPS) is 11.9. The first-order chi connectivity index (χ1) is 18.8. The number of thioether (sulfide) groups is 1. The average molecular weight is 601 g/mol. The second-order valence-electron chi connectivity index (χ2n) is 8.21. The maximum Gasteiger partial charge on any atom is 0.416 e. The van der Waals surface area contributed by atoms with Crippen molar-refractivity contribution in [3.05, 3.63) is 82.9 Å². The molecule has 1 aromatic heterocycles. The summed E-state index contributed by atoms with van der Waals surface area (Å²) >= 11 is 6.90. The van der Waals surface area contributed by atoms with E-state index in [9.17, 15) is 31.1 Å². The number of carbonyl (C=O) groups excluding carboxylic acids is 1. The van der Waals surface area contributed by atoms with Crippen LogP contribution in [0.1, 0.15) is 18.1 Å². The van der Waals surface area contributed by atoms with Crippen LogP contribution in [0.3, 0.4) is 0 Å². The molecule has 0 fully saturated rings. The Balaban J connectivity index is 1.60. The highest BCUT2D eigenvalue weighted by Crippen LogP contribution is 2.38. The molecule has 0 saturated heterocycles. The van der Waals surface area contributed by atoms with Gasteiger partial charge in [0, 0.05) is 22.0 Å². The molecule has 0 aliphatic heterocycles.